The second-order valence-corrected chi connectivity index (χ2v) is 7.35. The summed E-state index contributed by atoms with van der Waals surface area (Å²) in [6.45, 7) is 3.86. The summed E-state index contributed by atoms with van der Waals surface area (Å²) in [5, 5.41) is 10.2. The zero-order valence-corrected chi connectivity index (χ0v) is 16.0. The van der Waals surface area contributed by atoms with Gasteiger partial charge in [0, 0.05) is 37.6 Å². The third-order valence-corrected chi connectivity index (χ3v) is 5.26. The molecule has 3 aromatic rings. The minimum atomic E-state index is -0.120. The number of nitrogens with zero attached hydrogens (tertiary/aromatic N) is 4. The number of imidazole rings is 1. The van der Waals surface area contributed by atoms with E-state index < -0.39 is 0 Å². The van der Waals surface area contributed by atoms with Crippen molar-refractivity contribution in [3.8, 4) is 5.75 Å². The van der Waals surface area contributed by atoms with Gasteiger partial charge in [0.15, 0.2) is 0 Å². The molecule has 1 aliphatic rings. The monoisotopic (exact) mass is 376 g/mol. The Morgan fingerprint density at radius 1 is 1.21 bits per heavy atom. The van der Waals surface area contributed by atoms with Crippen LogP contribution in [0, 0.1) is 6.92 Å². The fraction of sp³-hybridized carbons (Fsp3) is 0.318. The van der Waals surface area contributed by atoms with Crippen molar-refractivity contribution in [3.63, 3.8) is 0 Å². The smallest absolute Gasteiger partial charge is 0.257 e. The lowest BCUT2D eigenvalue weighted by molar-refractivity contribution is 0.0700. The van der Waals surface area contributed by atoms with Crippen LogP contribution in [0.1, 0.15) is 46.2 Å². The van der Waals surface area contributed by atoms with Gasteiger partial charge in [0.05, 0.1) is 17.8 Å². The third kappa shape index (κ3) is 3.76. The lowest BCUT2D eigenvalue weighted by Gasteiger charge is -2.33. The zero-order chi connectivity index (χ0) is 19.5. The Labute approximate surface area is 164 Å². The van der Waals surface area contributed by atoms with Crippen LogP contribution in [0.25, 0.3) is 0 Å². The van der Waals surface area contributed by atoms with E-state index in [1.165, 1.54) is 0 Å². The minimum Gasteiger partial charge on any atom is -0.507 e. The van der Waals surface area contributed by atoms with E-state index in [9.17, 15) is 9.90 Å². The van der Waals surface area contributed by atoms with Crippen molar-refractivity contribution < 1.29 is 9.90 Å². The first-order valence-electron chi connectivity index (χ1n) is 9.61. The Morgan fingerprint density at radius 2 is 2.11 bits per heavy atom. The highest BCUT2D eigenvalue weighted by Gasteiger charge is 2.29. The molecule has 28 heavy (non-hydrogen) atoms. The number of phenols is 1. The maximum Gasteiger partial charge on any atom is 0.257 e. The molecule has 6 heteroatoms. The molecular weight excluding hydrogens is 352 g/mol. The first-order valence-corrected chi connectivity index (χ1v) is 9.61. The normalized spacial score (nSPS) is 16.9. The number of amides is 1. The summed E-state index contributed by atoms with van der Waals surface area (Å²) in [6.07, 6.45) is 7.48. The van der Waals surface area contributed by atoms with E-state index in [1.54, 1.807) is 18.3 Å². The fourth-order valence-corrected chi connectivity index (χ4v) is 3.85. The molecule has 1 aliphatic heterocycles. The van der Waals surface area contributed by atoms with Gasteiger partial charge in [0.25, 0.3) is 5.91 Å². The lowest BCUT2D eigenvalue weighted by Crippen LogP contribution is -2.39. The number of carbonyl (C=O) groups excluding carboxylic acids is 1. The largest absolute Gasteiger partial charge is 0.507 e. The van der Waals surface area contributed by atoms with E-state index in [0.29, 0.717) is 25.2 Å². The second-order valence-electron chi connectivity index (χ2n) is 7.35. The number of hydrogen-bond donors (Lipinski definition) is 1. The maximum atomic E-state index is 13.0. The summed E-state index contributed by atoms with van der Waals surface area (Å²) in [5.41, 5.74) is 2.28. The van der Waals surface area contributed by atoms with Gasteiger partial charge in [-0.1, -0.05) is 12.1 Å². The molecule has 0 bridgehead atoms. The van der Waals surface area contributed by atoms with Crippen molar-refractivity contribution in [2.24, 2.45) is 0 Å². The number of likely N-dealkylation sites (tertiary alicyclic amines) is 1. The van der Waals surface area contributed by atoms with Crippen molar-refractivity contribution in [2.75, 3.05) is 13.1 Å². The number of carbonyl (C=O) groups is 1. The topological polar surface area (TPSA) is 71.2 Å². The zero-order valence-electron chi connectivity index (χ0n) is 16.0. The third-order valence-electron chi connectivity index (χ3n) is 5.26. The van der Waals surface area contributed by atoms with Crippen LogP contribution in [0.15, 0.2) is 55.0 Å². The van der Waals surface area contributed by atoms with Gasteiger partial charge in [-0.15, -0.1) is 0 Å². The summed E-state index contributed by atoms with van der Waals surface area (Å²) in [5.74, 6) is 1.08. The van der Waals surface area contributed by atoms with E-state index in [0.717, 1.165) is 29.9 Å². The Hall–Kier alpha value is -3.15. The highest BCUT2D eigenvalue weighted by molar-refractivity contribution is 5.97. The van der Waals surface area contributed by atoms with Gasteiger partial charge < -0.3 is 14.6 Å². The number of pyridine rings is 1. The van der Waals surface area contributed by atoms with Crippen LogP contribution < -0.4 is 0 Å². The van der Waals surface area contributed by atoms with Crippen molar-refractivity contribution in [1.29, 1.82) is 0 Å². The average Bonchev–Trinajstić information content (AvgIpc) is 3.16. The molecule has 1 N–H and O–H groups in total. The quantitative estimate of drug-likeness (QED) is 0.758. The molecule has 1 atom stereocenters. The maximum absolute atomic E-state index is 13.0. The lowest BCUT2D eigenvalue weighted by atomic mass is 9.96. The Balaban J connectivity index is 1.52. The number of piperidine rings is 1. The molecule has 1 saturated heterocycles. The predicted octanol–water partition coefficient (Wildman–Crippen LogP) is 3.36. The van der Waals surface area contributed by atoms with Crippen molar-refractivity contribution in [3.05, 3.63) is 77.6 Å². The van der Waals surface area contributed by atoms with Crippen LogP contribution in [0.4, 0.5) is 0 Å². The van der Waals surface area contributed by atoms with Gasteiger partial charge in [-0.3, -0.25) is 9.78 Å². The van der Waals surface area contributed by atoms with Gasteiger partial charge in [0.1, 0.15) is 11.6 Å². The highest BCUT2D eigenvalue weighted by Crippen LogP contribution is 2.29. The van der Waals surface area contributed by atoms with E-state index in [-0.39, 0.29) is 17.6 Å². The Morgan fingerprint density at radius 3 is 2.89 bits per heavy atom. The molecule has 1 fully saturated rings. The predicted molar refractivity (Wildman–Crippen MR) is 106 cm³/mol. The van der Waals surface area contributed by atoms with Gasteiger partial charge >= 0.3 is 0 Å². The molecule has 144 valence electrons. The molecule has 0 unspecified atom stereocenters. The van der Waals surface area contributed by atoms with E-state index >= 15 is 0 Å². The first kappa shape index (κ1) is 18.2. The van der Waals surface area contributed by atoms with Crippen molar-refractivity contribution >= 4 is 5.91 Å². The van der Waals surface area contributed by atoms with Crippen LogP contribution in [0.2, 0.25) is 0 Å². The molecule has 4 rings (SSSR count). The SMILES string of the molecule is Cc1ccc(C(=O)N2CCC[C@H](c3nccn3Cc3ccccn3)C2)c(O)c1. The Bertz CT molecular complexity index is 968. The summed E-state index contributed by atoms with van der Waals surface area (Å²) < 4.78 is 2.12. The standard InChI is InChI=1S/C22H24N4O2/c1-16-7-8-19(20(27)13-16)22(28)26-11-4-5-17(14-26)21-24-10-12-25(21)15-18-6-2-3-9-23-18/h2-3,6-10,12-13,17,27H,4-5,11,14-15H2,1H3/t17-/m0/s1. The first-order chi connectivity index (χ1) is 13.6. The number of benzene rings is 1. The van der Waals surface area contributed by atoms with Gasteiger partial charge in [0.2, 0.25) is 0 Å². The Kier molecular flexibility index (Phi) is 5.10. The van der Waals surface area contributed by atoms with Gasteiger partial charge in [-0.25, -0.2) is 4.98 Å². The van der Waals surface area contributed by atoms with Crippen LogP contribution in [0.3, 0.4) is 0 Å². The molecule has 0 saturated carbocycles. The minimum absolute atomic E-state index is 0.0452. The van der Waals surface area contributed by atoms with Gasteiger partial charge in [-0.2, -0.15) is 0 Å². The van der Waals surface area contributed by atoms with E-state index in [4.69, 9.17) is 0 Å². The van der Waals surface area contributed by atoms with Crippen molar-refractivity contribution in [2.45, 2.75) is 32.2 Å². The number of phenolic OH excluding ortho intramolecular Hbond substituents is 1. The molecule has 0 radical (unpaired) electrons. The molecule has 3 heterocycles. The molecule has 1 aromatic carbocycles. The fourth-order valence-electron chi connectivity index (χ4n) is 3.85. The van der Waals surface area contributed by atoms with Crippen LogP contribution in [-0.2, 0) is 6.54 Å². The van der Waals surface area contributed by atoms with Gasteiger partial charge in [-0.05, 0) is 49.6 Å². The van der Waals surface area contributed by atoms with E-state index in [1.807, 2.05) is 48.5 Å². The number of hydrogen-bond acceptors (Lipinski definition) is 4. The molecule has 1 amide bonds. The molecule has 6 nitrogen and oxygen atoms in total. The summed E-state index contributed by atoms with van der Waals surface area (Å²) in [7, 11) is 0. The molecular formula is C22H24N4O2. The van der Waals surface area contributed by atoms with Crippen LogP contribution in [0.5, 0.6) is 5.75 Å². The van der Waals surface area contributed by atoms with Crippen LogP contribution >= 0.6 is 0 Å². The summed E-state index contributed by atoms with van der Waals surface area (Å²) >= 11 is 0. The average molecular weight is 376 g/mol. The number of aryl methyl sites for hydroxylation is 1. The van der Waals surface area contributed by atoms with E-state index in [2.05, 4.69) is 14.5 Å². The number of aromatic hydroxyl groups is 1. The second kappa shape index (κ2) is 7.84. The molecule has 0 spiro atoms. The highest BCUT2D eigenvalue weighted by atomic mass is 16.3. The molecule has 2 aromatic heterocycles. The van der Waals surface area contributed by atoms with Crippen molar-refractivity contribution in [1.82, 2.24) is 19.4 Å². The van der Waals surface area contributed by atoms with Crippen LogP contribution in [-0.4, -0.2) is 43.5 Å². The summed E-state index contributed by atoms with van der Waals surface area (Å²) in [6, 6.07) is 11.1. The summed E-state index contributed by atoms with van der Waals surface area (Å²) in [4.78, 5) is 23.8. The number of rotatable bonds is 4. The number of aromatic nitrogens is 3. The molecule has 0 aliphatic carbocycles.